The molecule has 2 N–H and O–H groups in total. The SMILES string of the molecule is O=C(CNS(=O)(=O)c1ccccc1-c1cc(C(F)(F)F)ccc1Cl)NCOC(=O)N1CCCCC1. The standard InChI is InChI=1S/C22H23ClF3N3O5S/c23-18-9-8-15(22(24,25)26)12-17(18)16-6-2-3-7-19(16)35(32,33)28-13-20(30)27-14-34-21(31)29-10-4-1-5-11-29/h2-3,6-9,12,28H,1,4-5,10-11,13-14H2,(H,27,30). The molecule has 0 spiro atoms. The van der Waals surface area contributed by atoms with Gasteiger partial charge in [0.15, 0.2) is 6.73 Å². The van der Waals surface area contributed by atoms with Gasteiger partial charge in [0, 0.05) is 29.2 Å². The average Bonchev–Trinajstić information content (AvgIpc) is 2.83. The van der Waals surface area contributed by atoms with Gasteiger partial charge in [-0.05, 0) is 43.5 Å². The first kappa shape index (κ1) is 26.8. The van der Waals surface area contributed by atoms with Crippen molar-refractivity contribution in [3.63, 3.8) is 0 Å². The summed E-state index contributed by atoms with van der Waals surface area (Å²) in [5, 5.41) is 2.20. The van der Waals surface area contributed by atoms with Gasteiger partial charge in [0.05, 0.1) is 17.0 Å². The minimum Gasteiger partial charge on any atom is -0.428 e. The summed E-state index contributed by atoms with van der Waals surface area (Å²) in [5.41, 5.74) is -1.18. The minimum atomic E-state index is -4.65. The van der Waals surface area contributed by atoms with E-state index >= 15 is 0 Å². The predicted octanol–water partition coefficient (Wildman–Crippen LogP) is 4.00. The fraction of sp³-hybridized carbons (Fsp3) is 0.364. The van der Waals surface area contributed by atoms with Crippen molar-refractivity contribution < 1.29 is 35.9 Å². The number of rotatable bonds is 7. The zero-order valence-electron chi connectivity index (χ0n) is 18.4. The molecular weight excluding hydrogens is 511 g/mol. The second-order valence-corrected chi connectivity index (χ2v) is 9.86. The van der Waals surface area contributed by atoms with Crippen molar-refractivity contribution in [3.05, 3.63) is 53.1 Å². The van der Waals surface area contributed by atoms with Crippen LogP contribution in [0, 0.1) is 0 Å². The minimum absolute atomic E-state index is 0.0630. The van der Waals surface area contributed by atoms with Gasteiger partial charge in [-0.3, -0.25) is 4.79 Å². The summed E-state index contributed by atoms with van der Waals surface area (Å²) in [6.45, 7) is 0.0182. The number of alkyl halides is 3. The molecule has 1 fully saturated rings. The van der Waals surface area contributed by atoms with Crippen LogP contribution in [0.3, 0.4) is 0 Å². The molecule has 0 unspecified atom stereocenters. The van der Waals surface area contributed by atoms with Crippen molar-refractivity contribution in [2.24, 2.45) is 0 Å². The monoisotopic (exact) mass is 533 g/mol. The van der Waals surface area contributed by atoms with Crippen molar-refractivity contribution in [1.29, 1.82) is 0 Å². The zero-order chi connectivity index (χ0) is 25.6. The summed E-state index contributed by atoms with van der Waals surface area (Å²) in [7, 11) is -4.32. The fourth-order valence-electron chi connectivity index (χ4n) is 3.48. The second kappa shape index (κ2) is 11.3. The second-order valence-electron chi connectivity index (χ2n) is 7.72. The Hall–Kier alpha value is -2.83. The summed E-state index contributed by atoms with van der Waals surface area (Å²) >= 11 is 6.08. The van der Waals surface area contributed by atoms with Crippen LogP contribution in [0.2, 0.25) is 5.02 Å². The lowest BCUT2D eigenvalue weighted by molar-refractivity contribution is -0.137. The normalized spacial score (nSPS) is 14.5. The van der Waals surface area contributed by atoms with Crippen LogP contribution >= 0.6 is 11.6 Å². The van der Waals surface area contributed by atoms with E-state index in [1.165, 1.54) is 29.2 Å². The molecular formula is C22H23ClF3N3O5S. The van der Waals surface area contributed by atoms with E-state index in [4.69, 9.17) is 16.3 Å². The molecule has 3 rings (SSSR count). The first-order valence-corrected chi connectivity index (χ1v) is 12.5. The van der Waals surface area contributed by atoms with Crippen LogP contribution in [0.1, 0.15) is 24.8 Å². The molecule has 13 heteroatoms. The fourth-order valence-corrected chi connectivity index (χ4v) is 4.90. The number of nitrogens with zero attached hydrogens (tertiary/aromatic N) is 1. The maximum atomic E-state index is 13.2. The van der Waals surface area contributed by atoms with E-state index in [2.05, 4.69) is 10.0 Å². The van der Waals surface area contributed by atoms with E-state index in [1.807, 2.05) is 0 Å². The maximum Gasteiger partial charge on any atom is 0.416 e. The van der Waals surface area contributed by atoms with Gasteiger partial charge in [0.25, 0.3) is 0 Å². The topological polar surface area (TPSA) is 105 Å². The van der Waals surface area contributed by atoms with E-state index in [-0.39, 0.29) is 21.0 Å². The maximum absolute atomic E-state index is 13.2. The van der Waals surface area contributed by atoms with Crippen LogP contribution in [-0.2, 0) is 25.7 Å². The largest absolute Gasteiger partial charge is 0.428 e. The Bertz CT molecular complexity index is 1190. The molecule has 8 nitrogen and oxygen atoms in total. The summed E-state index contributed by atoms with van der Waals surface area (Å²) in [6, 6.07) is 7.94. The van der Waals surface area contributed by atoms with Crippen molar-refractivity contribution in [2.75, 3.05) is 26.4 Å². The van der Waals surface area contributed by atoms with E-state index in [0.29, 0.717) is 13.1 Å². The van der Waals surface area contributed by atoms with Crippen LogP contribution < -0.4 is 10.0 Å². The first-order valence-electron chi connectivity index (χ1n) is 10.6. The molecule has 0 aromatic heterocycles. The summed E-state index contributed by atoms with van der Waals surface area (Å²) < 4.78 is 72.3. The molecule has 1 saturated heterocycles. The van der Waals surface area contributed by atoms with Crippen LogP contribution in [0.5, 0.6) is 0 Å². The molecule has 1 aliphatic heterocycles. The van der Waals surface area contributed by atoms with Gasteiger partial charge in [0.1, 0.15) is 0 Å². The summed E-state index contributed by atoms with van der Waals surface area (Å²) in [4.78, 5) is 25.1. The quantitative estimate of drug-likeness (QED) is 0.523. The van der Waals surface area contributed by atoms with Gasteiger partial charge in [0.2, 0.25) is 15.9 Å². The molecule has 1 aliphatic rings. The third-order valence-electron chi connectivity index (χ3n) is 5.26. The molecule has 2 aromatic carbocycles. The van der Waals surface area contributed by atoms with Gasteiger partial charge in [-0.2, -0.15) is 13.2 Å². The predicted molar refractivity (Wildman–Crippen MR) is 122 cm³/mol. The lowest BCUT2D eigenvalue weighted by Gasteiger charge is -2.25. The molecule has 190 valence electrons. The van der Waals surface area contributed by atoms with E-state index in [1.54, 1.807) is 0 Å². The molecule has 1 heterocycles. The number of hydrogen-bond acceptors (Lipinski definition) is 5. The highest BCUT2D eigenvalue weighted by atomic mass is 35.5. The van der Waals surface area contributed by atoms with Crippen molar-refractivity contribution in [1.82, 2.24) is 14.9 Å². The Kier molecular flexibility index (Phi) is 8.62. The highest BCUT2D eigenvalue weighted by Gasteiger charge is 2.32. The van der Waals surface area contributed by atoms with Crippen molar-refractivity contribution in [3.8, 4) is 11.1 Å². The van der Waals surface area contributed by atoms with Crippen LogP contribution in [0.25, 0.3) is 11.1 Å². The lowest BCUT2D eigenvalue weighted by atomic mass is 10.0. The average molecular weight is 534 g/mol. The number of piperidine rings is 1. The van der Waals surface area contributed by atoms with E-state index in [0.717, 1.165) is 37.5 Å². The number of benzene rings is 2. The van der Waals surface area contributed by atoms with Gasteiger partial charge >= 0.3 is 12.3 Å². The summed E-state index contributed by atoms with van der Waals surface area (Å²) in [6.07, 6.45) is -2.45. The Morgan fingerprint density at radius 1 is 1.03 bits per heavy atom. The van der Waals surface area contributed by atoms with Crippen LogP contribution in [0.4, 0.5) is 18.0 Å². The first-order chi connectivity index (χ1) is 16.5. The van der Waals surface area contributed by atoms with E-state index < -0.39 is 47.0 Å². The smallest absolute Gasteiger partial charge is 0.416 e. The molecule has 2 amide bonds. The number of sulfonamides is 1. The third-order valence-corrected chi connectivity index (χ3v) is 7.05. The molecule has 2 aromatic rings. The Balaban J connectivity index is 1.66. The molecule has 0 radical (unpaired) electrons. The molecule has 0 atom stereocenters. The van der Waals surface area contributed by atoms with Crippen LogP contribution in [-0.4, -0.2) is 51.7 Å². The highest BCUT2D eigenvalue weighted by molar-refractivity contribution is 7.89. The number of ether oxygens (including phenoxy) is 1. The number of likely N-dealkylation sites (tertiary alicyclic amines) is 1. The van der Waals surface area contributed by atoms with E-state index in [9.17, 15) is 31.2 Å². The van der Waals surface area contributed by atoms with Gasteiger partial charge in [-0.15, -0.1) is 0 Å². The van der Waals surface area contributed by atoms with Gasteiger partial charge in [-0.1, -0.05) is 29.8 Å². The lowest BCUT2D eigenvalue weighted by Crippen LogP contribution is -2.41. The molecule has 0 saturated carbocycles. The molecule has 0 bridgehead atoms. The number of nitrogens with one attached hydrogen (secondary N) is 2. The Morgan fingerprint density at radius 3 is 2.40 bits per heavy atom. The number of amides is 2. The Morgan fingerprint density at radius 2 is 1.71 bits per heavy atom. The Labute approximate surface area is 205 Å². The van der Waals surface area contributed by atoms with Gasteiger partial charge < -0.3 is 15.0 Å². The number of carbonyl (C=O) groups is 2. The zero-order valence-corrected chi connectivity index (χ0v) is 20.0. The highest BCUT2D eigenvalue weighted by Crippen LogP contribution is 2.38. The van der Waals surface area contributed by atoms with Crippen molar-refractivity contribution in [2.45, 2.75) is 30.3 Å². The van der Waals surface area contributed by atoms with Gasteiger partial charge in [-0.25, -0.2) is 17.9 Å². The molecule has 0 aliphatic carbocycles. The number of carbonyl (C=O) groups excluding carboxylic acids is 2. The van der Waals surface area contributed by atoms with Crippen molar-refractivity contribution >= 4 is 33.6 Å². The summed E-state index contributed by atoms with van der Waals surface area (Å²) in [5.74, 6) is -0.769. The third kappa shape index (κ3) is 7.09. The number of hydrogen-bond donors (Lipinski definition) is 2. The molecule has 35 heavy (non-hydrogen) atoms. The number of halogens is 4. The van der Waals surface area contributed by atoms with Crippen LogP contribution in [0.15, 0.2) is 47.4 Å².